The van der Waals surface area contributed by atoms with E-state index in [1.807, 2.05) is 19.0 Å². The Bertz CT molecular complexity index is 940. The van der Waals surface area contributed by atoms with Crippen molar-refractivity contribution < 1.29 is 19.4 Å². The molecule has 0 fully saturated rings. The molecular formula is C22H29ClN4O4. The lowest BCUT2D eigenvalue weighted by molar-refractivity contribution is -0.147. The molecule has 1 amide bonds. The number of aromatic nitrogens is 2. The van der Waals surface area contributed by atoms with Crippen molar-refractivity contribution in [2.45, 2.75) is 57.7 Å². The lowest BCUT2D eigenvalue weighted by Crippen LogP contribution is -2.33. The van der Waals surface area contributed by atoms with Gasteiger partial charge in [0.15, 0.2) is 0 Å². The second-order valence-electron chi connectivity index (χ2n) is 8.40. The number of benzene rings is 1. The maximum absolute atomic E-state index is 12.6. The third kappa shape index (κ3) is 5.19. The number of halogens is 1. The monoisotopic (exact) mass is 448 g/mol. The Labute approximate surface area is 188 Å². The van der Waals surface area contributed by atoms with Crippen LogP contribution in [0.5, 0.6) is 0 Å². The number of aliphatic carboxylic acids is 1. The van der Waals surface area contributed by atoms with E-state index in [4.69, 9.17) is 4.74 Å². The third-order valence-corrected chi connectivity index (χ3v) is 5.76. The van der Waals surface area contributed by atoms with Crippen molar-refractivity contribution in [3.05, 3.63) is 46.3 Å². The van der Waals surface area contributed by atoms with Gasteiger partial charge in [0.2, 0.25) is 6.10 Å². The van der Waals surface area contributed by atoms with Gasteiger partial charge in [-0.15, -0.1) is 12.4 Å². The highest BCUT2D eigenvalue weighted by Gasteiger charge is 2.28. The van der Waals surface area contributed by atoms with Gasteiger partial charge in [-0.1, -0.05) is 6.07 Å². The van der Waals surface area contributed by atoms with Crippen LogP contribution in [-0.4, -0.2) is 52.0 Å². The quantitative estimate of drug-likeness (QED) is 0.675. The first-order valence-corrected chi connectivity index (χ1v) is 10.4. The van der Waals surface area contributed by atoms with Crippen molar-refractivity contribution in [2.75, 3.05) is 19.4 Å². The molecule has 9 heteroatoms. The Kier molecular flexibility index (Phi) is 7.23. The first kappa shape index (κ1) is 23.1. The van der Waals surface area contributed by atoms with Gasteiger partial charge in [-0.05, 0) is 74.9 Å². The van der Waals surface area contributed by atoms with Gasteiger partial charge in [0.05, 0.1) is 18.4 Å². The second kappa shape index (κ2) is 9.70. The van der Waals surface area contributed by atoms with Crippen LogP contribution < -0.4 is 5.32 Å². The van der Waals surface area contributed by atoms with Crippen LogP contribution in [0.2, 0.25) is 0 Å². The van der Waals surface area contributed by atoms with Crippen LogP contribution in [0.15, 0.2) is 18.5 Å². The van der Waals surface area contributed by atoms with E-state index < -0.39 is 18.2 Å². The summed E-state index contributed by atoms with van der Waals surface area (Å²) in [6.45, 7) is 0.657. The maximum Gasteiger partial charge on any atom is 0.412 e. The van der Waals surface area contributed by atoms with Crippen LogP contribution in [0.25, 0.3) is 0 Å². The predicted molar refractivity (Wildman–Crippen MR) is 119 cm³/mol. The van der Waals surface area contributed by atoms with Crippen molar-refractivity contribution >= 4 is 30.2 Å². The zero-order valence-electron chi connectivity index (χ0n) is 17.9. The van der Waals surface area contributed by atoms with E-state index in [-0.39, 0.29) is 19.0 Å². The average molecular weight is 449 g/mol. The standard InChI is InChI=1S/C22H28N4O4.ClH/c1-25(2)11-14-10-23-26(12-14)13-19(21(27)28)30-22(29)24-20-17-7-3-5-15(17)9-16-6-4-8-18(16)20;/h9-10,12,19H,3-8,11,13H2,1-2H3,(H,24,29)(H,27,28);1H. The number of hydrogen-bond donors (Lipinski definition) is 2. The number of carbonyl (C=O) groups is 2. The molecule has 2 aromatic rings. The zero-order chi connectivity index (χ0) is 21.3. The Morgan fingerprint density at radius 1 is 1.19 bits per heavy atom. The maximum atomic E-state index is 12.6. The molecule has 0 radical (unpaired) electrons. The van der Waals surface area contributed by atoms with Crippen LogP contribution in [-0.2, 0) is 48.3 Å². The largest absolute Gasteiger partial charge is 0.478 e. The van der Waals surface area contributed by atoms with Crippen LogP contribution in [0.4, 0.5) is 10.5 Å². The zero-order valence-corrected chi connectivity index (χ0v) is 18.7. The molecule has 8 nitrogen and oxygen atoms in total. The van der Waals surface area contributed by atoms with Gasteiger partial charge in [-0.2, -0.15) is 5.10 Å². The Morgan fingerprint density at radius 3 is 2.42 bits per heavy atom. The van der Waals surface area contributed by atoms with E-state index in [1.165, 1.54) is 26.9 Å². The second-order valence-corrected chi connectivity index (χ2v) is 8.40. The lowest BCUT2D eigenvalue weighted by atomic mass is 9.99. The van der Waals surface area contributed by atoms with Crippen molar-refractivity contribution in [3.8, 4) is 0 Å². The summed E-state index contributed by atoms with van der Waals surface area (Å²) >= 11 is 0. The number of carboxylic acid groups (broad SMARTS) is 1. The summed E-state index contributed by atoms with van der Waals surface area (Å²) < 4.78 is 6.81. The van der Waals surface area contributed by atoms with Crippen molar-refractivity contribution in [1.29, 1.82) is 0 Å². The van der Waals surface area contributed by atoms with Gasteiger partial charge >= 0.3 is 12.1 Å². The van der Waals surface area contributed by atoms with Gasteiger partial charge < -0.3 is 14.7 Å². The molecule has 2 aliphatic carbocycles. The molecule has 2 aliphatic rings. The number of carboxylic acids is 1. The number of amides is 1. The van der Waals surface area contributed by atoms with Gasteiger partial charge in [-0.3, -0.25) is 10.00 Å². The summed E-state index contributed by atoms with van der Waals surface area (Å²) in [5.41, 5.74) is 6.76. The first-order chi connectivity index (χ1) is 14.4. The minimum atomic E-state index is -1.32. The number of hydrogen-bond acceptors (Lipinski definition) is 5. The molecule has 168 valence electrons. The third-order valence-electron chi connectivity index (χ3n) is 5.76. The number of anilines is 1. The number of aryl methyl sites for hydroxylation is 2. The number of ether oxygens (including phenoxy) is 1. The number of carbonyl (C=O) groups excluding carboxylic acids is 1. The molecule has 1 unspecified atom stereocenters. The molecule has 0 saturated carbocycles. The summed E-state index contributed by atoms with van der Waals surface area (Å²) in [5.74, 6) is -1.20. The predicted octanol–water partition coefficient (Wildman–Crippen LogP) is 3.05. The van der Waals surface area contributed by atoms with E-state index in [0.717, 1.165) is 49.8 Å². The molecule has 0 spiro atoms. The van der Waals surface area contributed by atoms with E-state index in [0.29, 0.717) is 6.54 Å². The minimum absolute atomic E-state index is 0. The smallest absolute Gasteiger partial charge is 0.412 e. The van der Waals surface area contributed by atoms with Crippen molar-refractivity contribution in [3.63, 3.8) is 0 Å². The van der Waals surface area contributed by atoms with E-state index in [1.54, 1.807) is 12.4 Å². The number of fused-ring (bicyclic) bond motifs is 2. The summed E-state index contributed by atoms with van der Waals surface area (Å²) in [4.78, 5) is 26.3. The average Bonchev–Trinajstić information content (AvgIpc) is 3.41. The molecule has 4 rings (SSSR count). The normalized spacial score (nSPS) is 15.2. The summed E-state index contributed by atoms with van der Waals surface area (Å²) in [6, 6.07) is 2.28. The van der Waals surface area contributed by atoms with E-state index in [2.05, 4.69) is 16.5 Å². The summed E-state index contributed by atoms with van der Waals surface area (Å²) in [5, 5.41) is 16.6. The summed E-state index contributed by atoms with van der Waals surface area (Å²) in [7, 11) is 3.89. The fourth-order valence-electron chi connectivity index (χ4n) is 4.52. The number of nitrogens with zero attached hydrogens (tertiary/aromatic N) is 3. The highest BCUT2D eigenvalue weighted by atomic mass is 35.5. The number of rotatable bonds is 7. The van der Waals surface area contributed by atoms with E-state index >= 15 is 0 Å². The molecular weight excluding hydrogens is 420 g/mol. The Hall–Kier alpha value is -2.58. The molecule has 0 aliphatic heterocycles. The Morgan fingerprint density at radius 2 is 1.84 bits per heavy atom. The van der Waals surface area contributed by atoms with Crippen molar-refractivity contribution in [1.82, 2.24) is 14.7 Å². The van der Waals surface area contributed by atoms with Gasteiger partial charge in [0.25, 0.3) is 0 Å². The highest BCUT2D eigenvalue weighted by molar-refractivity contribution is 5.90. The highest BCUT2D eigenvalue weighted by Crippen LogP contribution is 2.38. The molecule has 1 heterocycles. The topological polar surface area (TPSA) is 96.7 Å². The Balaban J connectivity index is 0.00000272. The van der Waals surface area contributed by atoms with Crippen molar-refractivity contribution in [2.24, 2.45) is 0 Å². The first-order valence-electron chi connectivity index (χ1n) is 10.4. The molecule has 2 N–H and O–H groups in total. The molecule has 31 heavy (non-hydrogen) atoms. The van der Waals surface area contributed by atoms with Gasteiger partial charge in [0, 0.05) is 18.3 Å². The molecule has 0 bridgehead atoms. The van der Waals surface area contributed by atoms with Crippen LogP contribution in [0.1, 0.15) is 40.7 Å². The SMILES string of the molecule is CN(C)Cc1cnn(CC(OC(=O)Nc2c3c(cc4c2CCC4)CCC3)C(=O)O)c1.Cl. The van der Waals surface area contributed by atoms with E-state index in [9.17, 15) is 14.7 Å². The fraction of sp³-hybridized carbons (Fsp3) is 0.500. The minimum Gasteiger partial charge on any atom is -0.478 e. The molecule has 1 atom stereocenters. The summed E-state index contributed by atoms with van der Waals surface area (Å²) in [6.07, 6.45) is 7.49. The van der Waals surface area contributed by atoms with Crippen LogP contribution in [0, 0.1) is 0 Å². The van der Waals surface area contributed by atoms with Crippen LogP contribution >= 0.6 is 12.4 Å². The molecule has 0 saturated heterocycles. The molecule has 1 aromatic carbocycles. The van der Waals surface area contributed by atoms with Gasteiger partial charge in [0.1, 0.15) is 0 Å². The molecule has 1 aromatic heterocycles. The lowest BCUT2D eigenvalue weighted by Gasteiger charge is -2.18. The van der Waals surface area contributed by atoms with Gasteiger partial charge in [-0.25, -0.2) is 9.59 Å². The van der Waals surface area contributed by atoms with Crippen LogP contribution in [0.3, 0.4) is 0 Å². The number of nitrogens with one attached hydrogen (secondary N) is 1. The fourth-order valence-corrected chi connectivity index (χ4v) is 4.52.